The van der Waals surface area contributed by atoms with Crippen molar-refractivity contribution in [3.63, 3.8) is 0 Å². The van der Waals surface area contributed by atoms with Gasteiger partial charge in [0.2, 0.25) is 0 Å². The van der Waals surface area contributed by atoms with Gasteiger partial charge in [0.1, 0.15) is 0 Å². The first-order valence-corrected chi connectivity index (χ1v) is 7.98. The van der Waals surface area contributed by atoms with Crippen LogP contribution in [-0.2, 0) is 13.5 Å². The fraction of sp³-hybridized carbons (Fsp3) is 0.733. The second kappa shape index (κ2) is 6.47. The number of piperidine rings is 1. The van der Waals surface area contributed by atoms with Crippen molar-refractivity contribution in [2.75, 3.05) is 19.6 Å². The Hall–Kier alpha value is -1.56. The number of hydrogen-bond donors (Lipinski definition) is 2. The molecule has 0 spiro atoms. The van der Waals surface area contributed by atoms with Crippen LogP contribution < -0.4 is 10.6 Å². The summed E-state index contributed by atoms with van der Waals surface area (Å²) in [4.78, 5) is 14.5. The van der Waals surface area contributed by atoms with Gasteiger partial charge in [0.25, 0.3) is 0 Å². The maximum Gasteiger partial charge on any atom is 0.315 e. The molecule has 2 atom stereocenters. The van der Waals surface area contributed by atoms with Crippen LogP contribution in [0.25, 0.3) is 0 Å². The summed E-state index contributed by atoms with van der Waals surface area (Å²) in [5.41, 5.74) is 1.15. The normalized spacial score (nSPS) is 25.6. The number of amides is 2. The zero-order valence-corrected chi connectivity index (χ0v) is 12.7. The van der Waals surface area contributed by atoms with Gasteiger partial charge in [-0.1, -0.05) is 6.42 Å². The molecular weight excluding hydrogens is 266 g/mol. The van der Waals surface area contributed by atoms with Gasteiger partial charge in [0.05, 0.1) is 6.20 Å². The van der Waals surface area contributed by atoms with Gasteiger partial charge in [-0.15, -0.1) is 0 Å². The van der Waals surface area contributed by atoms with Gasteiger partial charge >= 0.3 is 6.03 Å². The molecule has 2 aliphatic heterocycles. The molecule has 0 unspecified atom stereocenters. The van der Waals surface area contributed by atoms with Gasteiger partial charge in [-0.05, 0) is 37.8 Å². The minimum absolute atomic E-state index is 0.0312. The van der Waals surface area contributed by atoms with Gasteiger partial charge in [-0.3, -0.25) is 9.58 Å². The van der Waals surface area contributed by atoms with E-state index in [1.54, 1.807) is 4.68 Å². The Morgan fingerprint density at radius 3 is 3.10 bits per heavy atom. The van der Waals surface area contributed by atoms with Gasteiger partial charge < -0.3 is 10.6 Å². The molecule has 21 heavy (non-hydrogen) atoms. The van der Waals surface area contributed by atoms with Crippen LogP contribution in [0.3, 0.4) is 0 Å². The van der Waals surface area contributed by atoms with Crippen molar-refractivity contribution in [1.82, 2.24) is 25.3 Å². The molecule has 6 heteroatoms. The lowest BCUT2D eigenvalue weighted by Crippen LogP contribution is -2.49. The molecule has 1 aromatic rings. The molecule has 0 aromatic carbocycles. The Bertz CT molecular complexity index is 486. The summed E-state index contributed by atoms with van der Waals surface area (Å²) in [6.07, 6.45) is 9.55. The van der Waals surface area contributed by atoms with E-state index >= 15 is 0 Å². The Kier molecular flexibility index (Phi) is 4.43. The Labute approximate surface area is 125 Å². The summed E-state index contributed by atoms with van der Waals surface area (Å²) in [5, 5.41) is 10.2. The number of aryl methyl sites for hydroxylation is 1. The van der Waals surface area contributed by atoms with Crippen molar-refractivity contribution in [3.05, 3.63) is 18.0 Å². The largest absolute Gasteiger partial charge is 0.338 e. The second-order valence-electron chi connectivity index (χ2n) is 6.17. The first-order valence-electron chi connectivity index (χ1n) is 7.98. The molecule has 0 aliphatic carbocycles. The van der Waals surface area contributed by atoms with Crippen LogP contribution in [-0.4, -0.2) is 52.4 Å². The highest BCUT2D eigenvalue weighted by Gasteiger charge is 2.36. The third kappa shape index (κ3) is 3.56. The summed E-state index contributed by atoms with van der Waals surface area (Å²) in [6, 6.07) is 0.850. The van der Waals surface area contributed by atoms with Crippen LogP contribution in [0.1, 0.15) is 31.2 Å². The van der Waals surface area contributed by atoms with Crippen LogP contribution in [0.4, 0.5) is 4.79 Å². The van der Waals surface area contributed by atoms with E-state index < -0.39 is 0 Å². The lowest BCUT2D eigenvalue weighted by molar-refractivity contribution is 0.179. The maximum absolute atomic E-state index is 12.0. The highest BCUT2D eigenvalue weighted by Crippen LogP contribution is 2.26. The van der Waals surface area contributed by atoms with Crippen LogP contribution in [0.15, 0.2) is 12.4 Å². The molecule has 3 rings (SSSR count). The van der Waals surface area contributed by atoms with E-state index in [9.17, 15) is 4.79 Å². The molecule has 2 fully saturated rings. The number of hydrogen-bond acceptors (Lipinski definition) is 3. The van der Waals surface area contributed by atoms with Crippen molar-refractivity contribution in [2.45, 2.75) is 44.2 Å². The average Bonchev–Trinajstić information content (AvgIpc) is 3.06. The Balaban J connectivity index is 1.40. The number of nitrogens with one attached hydrogen (secondary N) is 2. The maximum atomic E-state index is 12.0. The topological polar surface area (TPSA) is 62.2 Å². The molecule has 3 heterocycles. The molecule has 116 valence electrons. The number of carbonyl (C=O) groups excluding carboxylic acids is 1. The minimum Gasteiger partial charge on any atom is -0.338 e. The van der Waals surface area contributed by atoms with Crippen molar-refractivity contribution in [3.8, 4) is 0 Å². The number of rotatable bonds is 4. The molecule has 2 amide bonds. The van der Waals surface area contributed by atoms with Gasteiger partial charge in [0, 0.05) is 38.4 Å². The third-order valence-electron chi connectivity index (χ3n) is 4.63. The summed E-state index contributed by atoms with van der Waals surface area (Å²) in [5.74, 6) is 0. The van der Waals surface area contributed by atoms with E-state index in [2.05, 4.69) is 20.6 Å². The number of carbonyl (C=O) groups is 1. The van der Waals surface area contributed by atoms with Crippen LogP contribution in [0, 0.1) is 0 Å². The van der Waals surface area contributed by atoms with Crippen molar-refractivity contribution in [2.24, 2.45) is 7.05 Å². The fourth-order valence-electron chi connectivity index (χ4n) is 3.56. The highest BCUT2D eigenvalue weighted by atomic mass is 16.2. The zero-order valence-electron chi connectivity index (χ0n) is 12.7. The summed E-state index contributed by atoms with van der Waals surface area (Å²) >= 11 is 0. The van der Waals surface area contributed by atoms with E-state index in [1.165, 1.54) is 25.8 Å². The van der Waals surface area contributed by atoms with Gasteiger partial charge in [-0.25, -0.2) is 4.79 Å². The van der Waals surface area contributed by atoms with Crippen molar-refractivity contribution >= 4 is 6.03 Å². The monoisotopic (exact) mass is 291 g/mol. The van der Waals surface area contributed by atoms with Crippen molar-refractivity contribution in [1.29, 1.82) is 0 Å². The molecule has 0 radical (unpaired) electrons. The number of nitrogens with zero attached hydrogens (tertiary/aromatic N) is 3. The first kappa shape index (κ1) is 14.4. The second-order valence-corrected chi connectivity index (χ2v) is 6.17. The Morgan fingerprint density at radius 2 is 2.29 bits per heavy atom. The average molecular weight is 291 g/mol. The lowest BCUT2D eigenvalue weighted by Gasteiger charge is -2.32. The predicted molar refractivity (Wildman–Crippen MR) is 81.1 cm³/mol. The van der Waals surface area contributed by atoms with Gasteiger partial charge in [-0.2, -0.15) is 5.10 Å². The smallest absolute Gasteiger partial charge is 0.315 e. The van der Waals surface area contributed by atoms with E-state index in [0.29, 0.717) is 18.6 Å². The summed E-state index contributed by atoms with van der Waals surface area (Å²) < 4.78 is 1.78. The number of aromatic nitrogens is 2. The Morgan fingerprint density at radius 1 is 1.38 bits per heavy atom. The SMILES string of the molecule is Cn1cc(CCNC(=O)N[C@H]2CCN3CCCC[C@H]23)cn1. The molecule has 0 saturated carbocycles. The molecular formula is C15H25N5O. The van der Waals surface area contributed by atoms with E-state index in [0.717, 1.165) is 24.9 Å². The zero-order chi connectivity index (χ0) is 14.7. The van der Waals surface area contributed by atoms with Crippen LogP contribution in [0.5, 0.6) is 0 Å². The molecule has 6 nitrogen and oxygen atoms in total. The van der Waals surface area contributed by atoms with Crippen LogP contribution in [0.2, 0.25) is 0 Å². The quantitative estimate of drug-likeness (QED) is 0.866. The van der Waals surface area contributed by atoms with Crippen LogP contribution >= 0.6 is 0 Å². The predicted octanol–water partition coefficient (Wildman–Crippen LogP) is 0.889. The fourth-order valence-corrected chi connectivity index (χ4v) is 3.56. The molecule has 2 aliphatic rings. The summed E-state index contributed by atoms with van der Waals surface area (Å²) in [7, 11) is 1.90. The third-order valence-corrected chi connectivity index (χ3v) is 4.63. The highest BCUT2D eigenvalue weighted by molar-refractivity contribution is 5.74. The lowest BCUT2D eigenvalue weighted by atomic mass is 9.99. The summed E-state index contributed by atoms with van der Waals surface area (Å²) in [6.45, 7) is 2.98. The minimum atomic E-state index is -0.0312. The molecule has 2 saturated heterocycles. The van der Waals surface area contributed by atoms with Gasteiger partial charge in [0.15, 0.2) is 0 Å². The number of urea groups is 1. The first-order chi connectivity index (χ1) is 10.2. The van der Waals surface area contributed by atoms with E-state index in [1.807, 2.05) is 19.4 Å². The standard InChI is InChI=1S/C15H25N5O/c1-19-11-12(10-17-19)5-7-16-15(21)18-13-6-9-20-8-3-2-4-14(13)20/h10-11,13-14H,2-9H2,1H3,(H2,16,18,21)/t13-,14+/m0/s1. The van der Waals surface area contributed by atoms with E-state index in [4.69, 9.17) is 0 Å². The molecule has 0 bridgehead atoms. The number of fused-ring (bicyclic) bond motifs is 1. The van der Waals surface area contributed by atoms with E-state index in [-0.39, 0.29) is 6.03 Å². The molecule has 2 N–H and O–H groups in total. The van der Waals surface area contributed by atoms with Crippen molar-refractivity contribution < 1.29 is 4.79 Å². The molecule has 1 aromatic heterocycles.